The summed E-state index contributed by atoms with van der Waals surface area (Å²) in [5.41, 5.74) is 0.176. The molecule has 3 rings (SSSR count). The maximum atomic E-state index is 12.3. The molecule has 7 heteroatoms. The topological polar surface area (TPSA) is 73.7 Å². The van der Waals surface area contributed by atoms with Crippen molar-refractivity contribution in [1.82, 2.24) is 9.88 Å². The Bertz CT molecular complexity index is 662. The van der Waals surface area contributed by atoms with Crippen molar-refractivity contribution in [2.45, 2.75) is 0 Å². The Morgan fingerprint density at radius 2 is 1.91 bits per heavy atom. The van der Waals surface area contributed by atoms with Crippen LogP contribution in [0.25, 0.3) is 0 Å². The SMILES string of the molecule is O=C(O)c1ccc(N2CCN(C(=O)c3cccs3)CC2)nc1. The van der Waals surface area contributed by atoms with Crippen molar-refractivity contribution in [1.29, 1.82) is 0 Å². The van der Waals surface area contributed by atoms with Gasteiger partial charge in [-0.25, -0.2) is 9.78 Å². The highest BCUT2D eigenvalue weighted by Crippen LogP contribution is 2.17. The number of hydrogen-bond donors (Lipinski definition) is 1. The van der Waals surface area contributed by atoms with Gasteiger partial charge in [-0.1, -0.05) is 6.07 Å². The zero-order chi connectivity index (χ0) is 15.5. The quantitative estimate of drug-likeness (QED) is 0.934. The molecule has 0 aliphatic carbocycles. The van der Waals surface area contributed by atoms with Crippen LogP contribution >= 0.6 is 11.3 Å². The van der Waals surface area contributed by atoms with Crippen molar-refractivity contribution < 1.29 is 14.7 Å². The number of carbonyl (C=O) groups excluding carboxylic acids is 1. The molecule has 1 saturated heterocycles. The molecule has 0 bridgehead atoms. The van der Waals surface area contributed by atoms with Crippen molar-refractivity contribution in [3.05, 3.63) is 46.3 Å². The van der Waals surface area contributed by atoms with Gasteiger partial charge in [0.15, 0.2) is 0 Å². The van der Waals surface area contributed by atoms with Gasteiger partial charge in [0.1, 0.15) is 5.82 Å². The van der Waals surface area contributed by atoms with Crippen LogP contribution in [0.4, 0.5) is 5.82 Å². The summed E-state index contributed by atoms with van der Waals surface area (Å²) in [6.45, 7) is 2.66. The fourth-order valence-corrected chi connectivity index (χ4v) is 3.09. The smallest absolute Gasteiger partial charge is 0.337 e. The van der Waals surface area contributed by atoms with Crippen molar-refractivity contribution >= 4 is 29.0 Å². The molecule has 0 radical (unpaired) electrons. The number of aromatic nitrogens is 1. The van der Waals surface area contributed by atoms with Gasteiger partial charge in [-0.05, 0) is 23.6 Å². The molecular weight excluding hydrogens is 302 g/mol. The molecule has 2 aromatic rings. The molecule has 1 fully saturated rings. The summed E-state index contributed by atoms with van der Waals surface area (Å²) in [6.07, 6.45) is 1.36. The summed E-state index contributed by atoms with van der Waals surface area (Å²) in [5.74, 6) is -0.164. The minimum Gasteiger partial charge on any atom is -0.478 e. The lowest BCUT2D eigenvalue weighted by Crippen LogP contribution is -2.48. The predicted octanol–water partition coefficient (Wildman–Crippen LogP) is 1.80. The number of rotatable bonds is 3. The number of carboxylic acid groups (broad SMARTS) is 1. The lowest BCUT2D eigenvalue weighted by atomic mass is 10.2. The number of anilines is 1. The molecule has 1 N–H and O–H groups in total. The third-order valence-corrected chi connectivity index (χ3v) is 4.48. The molecule has 22 heavy (non-hydrogen) atoms. The second-order valence-corrected chi connectivity index (χ2v) is 5.91. The Hall–Kier alpha value is -2.41. The molecule has 114 valence electrons. The van der Waals surface area contributed by atoms with E-state index in [-0.39, 0.29) is 11.5 Å². The highest BCUT2D eigenvalue weighted by molar-refractivity contribution is 7.12. The number of aromatic carboxylic acids is 1. The van der Waals surface area contributed by atoms with Crippen molar-refractivity contribution in [3.8, 4) is 0 Å². The van der Waals surface area contributed by atoms with Gasteiger partial charge in [0.25, 0.3) is 5.91 Å². The van der Waals surface area contributed by atoms with Gasteiger partial charge in [0.05, 0.1) is 10.4 Å². The van der Waals surface area contributed by atoms with E-state index in [1.54, 1.807) is 12.1 Å². The van der Waals surface area contributed by atoms with Crippen molar-refractivity contribution in [3.63, 3.8) is 0 Å². The molecule has 3 heterocycles. The van der Waals surface area contributed by atoms with Crippen LogP contribution in [0.5, 0.6) is 0 Å². The first kappa shape index (κ1) is 14.5. The van der Waals surface area contributed by atoms with Gasteiger partial charge in [0, 0.05) is 32.4 Å². The van der Waals surface area contributed by atoms with Gasteiger partial charge in [0.2, 0.25) is 0 Å². The number of carbonyl (C=O) groups is 2. The Morgan fingerprint density at radius 3 is 2.45 bits per heavy atom. The van der Waals surface area contributed by atoms with E-state index in [1.807, 2.05) is 22.4 Å². The third kappa shape index (κ3) is 2.94. The second kappa shape index (κ2) is 6.15. The van der Waals surface area contributed by atoms with Crippen LogP contribution in [0.1, 0.15) is 20.0 Å². The largest absolute Gasteiger partial charge is 0.478 e. The molecule has 1 aliphatic heterocycles. The van der Waals surface area contributed by atoms with E-state index < -0.39 is 5.97 Å². The van der Waals surface area contributed by atoms with E-state index >= 15 is 0 Å². The monoisotopic (exact) mass is 317 g/mol. The maximum absolute atomic E-state index is 12.3. The highest BCUT2D eigenvalue weighted by Gasteiger charge is 2.23. The molecule has 6 nitrogen and oxygen atoms in total. The summed E-state index contributed by atoms with van der Waals surface area (Å²) in [5, 5.41) is 10.8. The second-order valence-electron chi connectivity index (χ2n) is 4.97. The number of thiophene rings is 1. The van der Waals surface area contributed by atoms with Gasteiger partial charge in [-0.2, -0.15) is 0 Å². The van der Waals surface area contributed by atoms with Crippen LogP contribution in [-0.2, 0) is 0 Å². The summed E-state index contributed by atoms with van der Waals surface area (Å²) in [4.78, 5) is 31.9. The van der Waals surface area contributed by atoms with Crippen LogP contribution in [0, 0.1) is 0 Å². The molecular formula is C15H15N3O3S. The summed E-state index contributed by atoms with van der Waals surface area (Å²) in [7, 11) is 0. The zero-order valence-corrected chi connectivity index (χ0v) is 12.6. The Balaban J connectivity index is 1.62. The molecule has 0 spiro atoms. The van der Waals surface area contributed by atoms with E-state index in [4.69, 9.17) is 5.11 Å². The minimum absolute atomic E-state index is 0.0730. The van der Waals surface area contributed by atoms with E-state index in [0.717, 1.165) is 10.7 Å². The molecule has 2 aromatic heterocycles. The number of hydrogen-bond acceptors (Lipinski definition) is 5. The molecule has 0 aromatic carbocycles. The first-order valence-corrected chi connectivity index (χ1v) is 7.80. The zero-order valence-electron chi connectivity index (χ0n) is 11.8. The average Bonchev–Trinajstić information content (AvgIpc) is 3.09. The van der Waals surface area contributed by atoms with E-state index in [2.05, 4.69) is 9.88 Å². The molecule has 0 unspecified atom stereocenters. The average molecular weight is 317 g/mol. The van der Waals surface area contributed by atoms with Gasteiger partial charge in [-0.3, -0.25) is 4.79 Å². The van der Waals surface area contributed by atoms with Crippen LogP contribution in [-0.4, -0.2) is 53.0 Å². The third-order valence-electron chi connectivity index (χ3n) is 3.62. The fourth-order valence-electron chi connectivity index (χ4n) is 2.39. The van der Waals surface area contributed by atoms with Crippen LogP contribution in [0.2, 0.25) is 0 Å². The first-order valence-electron chi connectivity index (χ1n) is 6.92. The van der Waals surface area contributed by atoms with Crippen LogP contribution in [0.15, 0.2) is 35.8 Å². The Morgan fingerprint density at radius 1 is 1.14 bits per heavy atom. The van der Waals surface area contributed by atoms with E-state index in [0.29, 0.717) is 26.2 Å². The van der Waals surface area contributed by atoms with Gasteiger partial charge < -0.3 is 14.9 Å². The fraction of sp³-hybridized carbons (Fsp3) is 0.267. The molecule has 0 saturated carbocycles. The number of nitrogens with zero attached hydrogens (tertiary/aromatic N) is 3. The number of amides is 1. The van der Waals surface area contributed by atoms with Crippen molar-refractivity contribution in [2.24, 2.45) is 0 Å². The Kier molecular flexibility index (Phi) is 4.06. The van der Waals surface area contributed by atoms with Crippen molar-refractivity contribution in [2.75, 3.05) is 31.1 Å². The van der Waals surface area contributed by atoms with E-state index in [9.17, 15) is 9.59 Å². The summed E-state index contributed by atoms with van der Waals surface area (Å²) in [6, 6.07) is 6.97. The Labute approximate surface area is 131 Å². The number of piperazine rings is 1. The lowest BCUT2D eigenvalue weighted by molar-refractivity contribution is 0.0694. The normalized spacial score (nSPS) is 14.9. The minimum atomic E-state index is -0.981. The van der Waals surface area contributed by atoms with E-state index in [1.165, 1.54) is 17.5 Å². The number of pyridine rings is 1. The summed E-state index contributed by atoms with van der Waals surface area (Å²) >= 11 is 1.45. The maximum Gasteiger partial charge on any atom is 0.337 e. The summed E-state index contributed by atoms with van der Waals surface area (Å²) < 4.78 is 0. The molecule has 1 aliphatic rings. The van der Waals surface area contributed by atoms with Gasteiger partial charge >= 0.3 is 5.97 Å². The standard InChI is InChI=1S/C15H15N3O3S/c19-14(12-2-1-9-22-12)18-7-5-17(6-8-18)13-4-3-11(10-16-13)15(20)21/h1-4,9-10H,5-8H2,(H,20,21). The lowest BCUT2D eigenvalue weighted by Gasteiger charge is -2.35. The van der Waals surface area contributed by atoms with Crippen LogP contribution < -0.4 is 4.90 Å². The first-order chi connectivity index (χ1) is 10.6. The predicted molar refractivity (Wildman–Crippen MR) is 83.6 cm³/mol. The highest BCUT2D eigenvalue weighted by atomic mass is 32.1. The molecule has 0 atom stereocenters. The van der Waals surface area contributed by atoms with Crippen LogP contribution in [0.3, 0.4) is 0 Å². The number of carboxylic acids is 1. The van der Waals surface area contributed by atoms with Gasteiger partial charge in [-0.15, -0.1) is 11.3 Å². The molecule has 1 amide bonds.